The second-order valence-electron chi connectivity index (χ2n) is 3.67. The summed E-state index contributed by atoms with van der Waals surface area (Å²) in [6, 6.07) is 9.11. The zero-order chi connectivity index (χ0) is 15.0. The molecule has 2 amide bonds. The van der Waals surface area contributed by atoms with Crippen molar-refractivity contribution in [3.05, 3.63) is 30.3 Å². The molecule has 0 spiro atoms. The molecule has 1 aromatic rings. The molecule has 0 heterocycles. The summed E-state index contributed by atoms with van der Waals surface area (Å²) in [4.78, 5) is 24.1. The number of benzene rings is 1. The van der Waals surface area contributed by atoms with E-state index < -0.39 is 5.91 Å². The number of carbonyl (C=O) groups excluding carboxylic acids is 2. The molecule has 1 rings (SSSR count). The van der Waals surface area contributed by atoms with E-state index in [1.807, 2.05) is 18.2 Å². The Morgan fingerprint density at radius 3 is 2.55 bits per heavy atom. The van der Waals surface area contributed by atoms with E-state index in [-0.39, 0.29) is 23.6 Å². The SMILES string of the molecule is CN(C(=O)COC(=S)NNC(=O)CCl)c1ccccc1. The Balaban J connectivity index is 2.36. The van der Waals surface area contributed by atoms with Crippen LogP contribution in [0.3, 0.4) is 0 Å². The average Bonchev–Trinajstić information content (AvgIpc) is 2.50. The van der Waals surface area contributed by atoms with E-state index in [0.29, 0.717) is 0 Å². The molecule has 0 saturated heterocycles. The van der Waals surface area contributed by atoms with Crippen molar-refractivity contribution >= 4 is 46.5 Å². The van der Waals surface area contributed by atoms with E-state index >= 15 is 0 Å². The highest BCUT2D eigenvalue weighted by molar-refractivity contribution is 7.80. The molecule has 8 heteroatoms. The van der Waals surface area contributed by atoms with E-state index in [1.54, 1.807) is 19.2 Å². The lowest BCUT2D eigenvalue weighted by Gasteiger charge is -2.17. The van der Waals surface area contributed by atoms with Gasteiger partial charge < -0.3 is 9.64 Å². The average molecular weight is 316 g/mol. The molecule has 0 radical (unpaired) electrons. The molecule has 108 valence electrons. The van der Waals surface area contributed by atoms with Crippen LogP contribution in [0.2, 0.25) is 0 Å². The lowest BCUT2D eigenvalue weighted by molar-refractivity contribution is -0.120. The molecule has 0 aliphatic heterocycles. The fourth-order valence-electron chi connectivity index (χ4n) is 1.21. The summed E-state index contributed by atoms with van der Waals surface area (Å²) in [5, 5.41) is -0.113. The zero-order valence-corrected chi connectivity index (χ0v) is 12.3. The normalized spacial score (nSPS) is 9.50. The number of nitrogens with zero attached hydrogens (tertiary/aromatic N) is 1. The van der Waals surface area contributed by atoms with Crippen molar-refractivity contribution in [3.8, 4) is 0 Å². The number of anilines is 1. The predicted molar refractivity (Wildman–Crippen MR) is 80.4 cm³/mol. The van der Waals surface area contributed by atoms with E-state index in [1.165, 1.54) is 4.90 Å². The first-order chi connectivity index (χ1) is 9.54. The Morgan fingerprint density at radius 2 is 1.95 bits per heavy atom. The van der Waals surface area contributed by atoms with Crippen molar-refractivity contribution in [2.24, 2.45) is 0 Å². The van der Waals surface area contributed by atoms with Crippen LogP contribution in [-0.4, -0.2) is 36.5 Å². The predicted octanol–water partition coefficient (Wildman–Crippen LogP) is 0.810. The molecule has 0 atom stereocenters. The molecular formula is C12H14ClN3O3S. The van der Waals surface area contributed by atoms with E-state index in [0.717, 1.165) is 5.69 Å². The van der Waals surface area contributed by atoms with Crippen LogP contribution >= 0.6 is 23.8 Å². The Hall–Kier alpha value is -1.86. The van der Waals surface area contributed by atoms with E-state index in [2.05, 4.69) is 10.9 Å². The quantitative estimate of drug-likeness (QED) is 0.489. The highest BCUT2D eigenvalue weighted by Gasteiger charge is 2.12. The summed E-state index contributed by atoms with van der Waals surface area (Å²) in [7, 11) is 1.63. The van der Waals surface area contributed by atoms with Gasteiger partial charge in [0.05, 0.1) is 0 Å². The fourth-order valence-corrected chi connectivity index (χ4v) is 1.39. The van der Waals surface area contributed by atoms with Crippen LogP contribution in [0.4, 0.5) is 5.69 Å². The monoisotopic (exact) mass is 315 g/mol. The minimum atomic E-state index is -0.453. The highest BCUT2D eigenvalue weighted by Crippen LogP contribution is 2.10. The molecular weight excluding hydrogens is 302 g/mol. The van der Waals surface area contributed by atoms with E-state index in [9.17, 15) is 9.59 Å². The Bertz CT molecular complexity index is 484. The number of para-hydroxylation sites is 1. The first-order valence-corrected chi connectivity index (χ1v) is 6.58. The second-order valence-corrected chi connectivity index (χ2v) is 4.31. The van der Waals surface area contributed by atoms with Crippen LogP contribution in [0, 0.1) is 0 Å². The molecule has 0 aliphatic rings. The summed E-state index contributed by atoms with van der Waals surface area (Å²) in [5.74, 6) is -0.931. The summed E-state index contributed by atoms with van der Waals surface area (Å²) < 4.78 is 5.01. The smallest absolute Gasteiger partial charge is 0.276 e. The van der Waals surface area contributed by atoms with Gasteiger partial charge in [-0.2, -0.15) is 0 Å². The molecule has 0 fully saturated rings. The Labute approximate surface area is 127 Å². The van der Waals surface area contributed by atoms with Crippen molar-refractivity contribution in [2.45, 2.75) is 0 Å². The van der Waals surface area contributed by atoms with Crippen molar-refractivity contribution in [1.82, 2.24) is 10.9 Å². The first kappa shape index (κ1) is 16.2. The number of likely N-dealkylation sites (N-methyl/N-ethyl adjacent to an activating group) is 1. The minimum Gasteiger partial charge on any atom is -0.460 e. The standard InChI is InChI=1S/C12H14ClN3O3S/c1-16(9-5-3-2-4-6-9)11(18)8-19-12(20)15-14-10(17)7-13/h2-6H,7-8H2,1H3,(H,14,17)(H,15,20). The number of hydrazine groups is 1. The number of halogens is 1. The van der Waals surface area contributed by atoms with Gasteiger partial charge in [-0.1, -0.05) is 18.2 Å². The lowest BCUT2D eigenvalue weighted by Crippen LogP contribution is -2.43. The minimum absolute atomic E-state index is 0.113. The molecule has 0 aliphatic carbocycles. The molecule has 0 unspecified atom stereocenters. The molecule has 6 nitrogen and oxygen atoms in total. The van der Waals surface area contributed by atoms with Gasteiger partial charge in [-0.05, 0) is 24.4 Å². The third-order valence-corrected chi connectivity index (χ3v) is 2.73. The number of rotatable bonds is 4. The molecule has 0 saturated carbocycles. The molecule has 0 bridgehead atoms. The largest absolute Gasteiger partial charge is 0.460 e. The number of carbonyl (C=O) groups is 2. The third-order valence-electron chi connectivity index (χ3n) is 2.27. The number of hydrogen-bond acceptors (Lipinski definition) is 4. The summed E-state index contributed by atoms with van der Waals surface area (Å²) in [5.41, 5.74) is 5.27. The highest BCUT2D eigenvalue weighted by atomic mass is 35.5. The summed E-state index contributed by atoms with van der Waals surface area (Å²) in [6.07, 6.45) is 0. The van der Waals surface area contributed by atoms with Crippen molar-refractivity contribution in [3.63, 3.8) is 0 Å². The van der Waals surface area contributed by atoms with Gasteiger partial charge >= 0.3 is 0 Å². The van der Waals surface area contributed by atoms with Gasteiger partial charge in [0.2, 0.25) is 0 Å². The van der Waals surface area contributed by atoms with Gasteiger partial charge in [0.15, 0.2) is 6.61 Å². The number of amides is 2. The van der Waals surface area contributed by atoms with Gasteiger partial charge in [-0.3, -0.25) is 20.4 Å². The van der Waals surface area contributed by atoms with Crippen molar-refractivity contribution in [2.75, 3.05) is 24.4 Å². The van der Waals surface area contributed by atoms with Gasteiger partial charge in [-0.25, -0.2) is 0 Å². The third kappa shape index (κ3) is 5.41. The Kier molecular flexibility index (Phi) is 6.75. The maximum atomic E-state index is 11.8. The molecule has 20 heavy (non-hydrogen) atoms. The number of alkyl halides is 1. The van der Waals surface area contributed by atoms with Gasteiger partial charge in [0.25, 0.3) is 17.0 Å². The maximum Gasteiger partial charge on any atom is 0.276 e. The fraction of sp³-hybridized carbons (Fsp3) is 0.250. The van der Waals surface area contributed by atoms with Crippen LogP contribution in [0.5, 0.6) is 0 Å². The summed E-state index contributed by atoms with van der Waals surface area (Å²) in [6.45, 7) is -0.242. The van der Waals surface area contributed by atoms with Gasteiger partial charge in [-0.15, -0.1) is 11.6 Å². The number of nitrogens with one attached hydrogen (secondary N) is 2. The second kappa shape index (κ2) is 8.34. The van der Waals surface area contributed by atoms with Crippen LogP contribution in [-0.2, 0) is 14.3 Å². The Morgan fingerprint density at radius 1 is 1.30 bits per heavy atom. The number of ether oxygens (including phenoxy) is 1. The van der Waals surface area contributed by atoms with Crippen molar-refractivity contribution < 1.29 is 14.3 Å². The van der Waals surface area contributed by atoms with Crippen LogP contribution < -0.4 is 15.8 Å². The number of thiocarbonyl (C=S) groups is 1. The van der Waals surface area contributed by atoms with Gasteiger partial charge in [0.1, 0.15) is 5.88 Å². The maximum absolute atomic E-state index is 11.8. The van der Waals surface area contributed by atoms with Gasteiger partial charge in [0, 0.05) is 12.7 Å². The van der Waals surface area contributed by atoms with E-state index in [4.69, 9.17) is 28.6 Å². The van der Waals surface area contributed by atoms with Crippen LogP contribution in [0.1, 0.15) is 0 Å². The zero-order valence-electron chi connectivity index (χ0n) is 10.8. The molecule has 0 aromatic heterocycles. The summed E-state index contributed by atoms with van der Waals surface area (Å²) >= 11 is 10.1. The topological polar surface area (TPSA) is 70.7 Å². The first-order valence-electron chi connectivity index (χ1n) is 5.63. The van der Waals surface area contributed by atoms with Crippen LogP contribution in [0.25, 0.3) is 0 Å². The molecule has 1 aromatic carbocycles. The van der Waals surface area contributed by atoms with Crippen molar-refractivity contribution in [1.29, 1.82) is 0 Å². The molecule has 2 N–H and O–H groups in total. The van der Waals surface area contributed by atoms with Crippen LogP contribution in [0.15, 0.2) is 30.3 Å². The number of hydrogen-bond donors (Lipinski definition) is 2. The lowest BCUT2D eigenvalue weighted by atomic mass is 10.3.